The van der Waals surface area contributed by atoms with Crippen LogP contribution in [0.5, 0.6) is 0 Å². The Balaban J connectivity index is 4.74. The minimum Gasteiger partial charge on any atom is -0.468 e. The number of nitrogens with one attached hydrogen (secondary N) is 1. The number of hydrogen-bond acceptors (Lipinski definition) is 5. The molecule has 0 spiro atoms. The Bertz CT molecular complexity index is 325. The second-order valence-electron chi connectivity index (χ2n) is 3.86. The summed E-state index contributed by atoms with van der Waals surface area (Å²) in [6, 6.07) is -0.600. The highest BCUT2D eigenvalue weighted by Gasteiger charge is 2.31. The molecule has 0 aromatic carbocycles. The smallest absolute Gasteiger partial charge is 0.325 e. The van der Waals surface area contributed by atoms with Gasteiger partial charge in [0.05, 0.1) is 13.7 Å². The maximum absolute atomic E-state index is 11.7. The van der Waals surface area contributed by atoms with Gasteiger partial charge in [-0.1, -0.05) is 13.8 Å². The molecule has 0 aromatic rings. The number of carbonyl (C=O) groups excluding carboxylic acids is 1. The van der Waals surface area contributed by atoms with Crippen molar-refractivity contribution in [3.8, 4) is 0 Å². The molecule has 0 fully saturated rings. The lowest BCUT2D eigenvalue weighted by Crippen LogP contribution is -2.47. The Hall–Kier alpha value is -0.660. The standard InChI is InChI=1S/C9H19NO5S/c1-6(2)8(5-11)10-16(13,14)7(3)9(12)15-4/h6-8,10-11H,5H2,1-4H3. The first-order valence-electron chi connectivity index (χ1n) is 4.96. The van der Waals surface area contributed by atoms with E-state index in [1.165, 1.54) is 6.92 Å². The fourth-order valence-corrected chi connectivity index (χ4v) is 2.31. The average Bonchev–Trinajstić information content (AvgIpc) is 2.23. The highest BCUT2D eigenvalue weighted by atomic mass is 32.2. The second-order valence-corrected chi connectivity index (χ2v) is 5.89. The first-order chi connectivity index (χ1) is 7.26. The molecule has 0 aliphatic heterocycles. The summed E-state index contributed by atoms with van der Waals surface area (Å²) in [5.74, 6) is -0.891. The van der Waals surface area contributed by atoms with Crippen molar-refractivity contribution in [2.24, 2.45) is 5.92 Å². The van der Waals surface area contributed by atoms with Crippen molar-refractivity contribution in [3.05, 3.63) is 0 Å². The lowest BCUT2D eigenvalue weighted by molar-refractivity contribution is -0.139. The van der Waals surface area contributed by atoms with E-state index in [9.17, 15) is 13.2 Å². The molecule has 0 bridgehead atoms. The maximum Gasteiger partial charge on any atom is 0.325 e. The normalized spacial score (nSPS) is 15.9. The Morgan fingerprint density at radius 3 is 2.19 bits per heavy atom. The zero-order valence-corrected chi connectivity index (χ0v) is 10.7. The maximum atomic E-state index is 11.7. The van der Waals surface area contributed by atoms with Crippen LogP contribution in [-0.4, -0.2) is 44.5 Å². The molecule has 2 N–H and O–H groups in total. The minimum absolute atomic E-state index is 0.0652. The number of carbonyl (C=O) groups is 1. The number of sulfonamides is 1. The number of hydrogen-bond donors (Lipinski definition) is 2. The van der Waals surface area contributed by atoms with Crippen molar-refractivity contribution >= 4 is 16.0 Å². The van der Waals surface area contributed by atoms with Crippen molar-refractivity contribution in [1.29, 1.82) is 0 Å². The number of esters is 1. The van der Waals surface area contributed by atoms with Crippen LogP contribution in [0.25, 0.3) is 0 Å². The third kappa shape index (κ3) is 4.07. The molecule has 0 aromatic heterocycles. The van der Waals surface area contributed by atoms with Crippen molar-refractivity contribution in [3.63, 3.8) is 0 Å². The van der Waals surface area contributed by atoms with Crippen molar-refractivity contribution < 1.29 is 23.1 Å². The van der Waals surface area contributed by atoms with Crippen LogP contribution in [0, 0.1) is 5.92 Å². The van der Waals surface area contributed by atoms with Crippen LogP contribution in [0.1, 0.15) is 20.8 Å². The molecular weight excluding hydrogens is 234 g/mol. The van der Waals surface area contributed by atoms with Gasteiger partial charge >= 0.3 is 5.97 Å². The number of aliphatic hydroxyl groups excluding tert-OH is 1. The van der Waals surface area contributed by atoms with Gasteiger partial charge in [-0.05, 0) is 12.8 Å². The molecular formula is C9H19NO5S. The van der Waals surface area contributed by atoms with E-state index in [2.05, 4.69) is 9.46 Å². The highest BCUT2D eigenvalue weighted by Crippen LogP contribution is 2.07. The lowest BCUT2D eigenvalue weighted by Gasteiger charge is -2.21. The van der Waals surface area contributed by atoms with Crippen LogP contribution in [0.3, 0.4) is 0 Å². The van der Waals surface area contributed by atoms with Crippen molar-refractivity contribution in [1.82, 2.24) is 4.72 Å². The predicted octanol–water partition coefficient (Wildman–Crippen LogP) is -0.516. The van der Waals surface area contributed by atoms with Crippen LogP contribution >= 0.6 is 0 Å². The molecule has 16 heavy (non-hydrogen) atoms. The van der Waals surface area contributed by atoms with Gasteiger partial charge < -0.3 is 9.84 Å². The van der Waals surface area contributed by atoms with E-state index >= 15 is 0 Å². The van der Waals surface area contributed by atoms with Crippen LogP contribution in [0.2, 0.25) is 0 Å². The summed E-state index contributed by atoms with van der Waals surface area (Å²) in [7, 11) is -2.69. The van der Waals surface area contributed by atoms with Gasteiger partial charge in [-0.3, -0.25) is 4.79 Å². The van der Waals surface area contributed by atoms with Gasteiger partial charge in [-0.25, -0.2) is 13.1 Å². The van der Waals surface area contributed by atoms with Crippen LogP contribution < -0.4 is 4.72 Å². The molecule has 0 radical (unpaired) electrons. The SMILES string of the molecule is COC(=O)C(C)S(=O)(=O)NC(CO)C(C)C. The van der Waals surface area contributed by atoms with Gasteiger partial charge in [0.2, 0.25) is 10.0 Å². The van der Waals surface area contributed by atoms with Crippen LogP contribution in [0.4, 0.5) is 0 Å². The van der Waals surface area contributed by atoms with Gasteiger partial charge in [0.15, 0.2) is 5.25 Å². The monoisotopic (exact) mass is 253 g/mol. The summed E-state index contributed by atoms with van der Waals surface area (Å²) in [6.07, 6.45) is 0. The first-order valence-corrected chi connectivity index (χ1v) is 6.50. The van der Waals surface area contributed by atoms with E-state index in [0.717, 1.165) is 7.11 Å². The van der Waals surface area contributed by atoms with Gasteiger partial charge in [-0.2, -0.15) is 0 Å². The fourth-order valence-electron chi connectivity index (χ4n) is 0.990. The molecule has 0 rings (SSSR count). The molecule has 0 saturated carbocycles. The average molecular weight is 253 g/mol. The Labute approximate surface area is 96.0 Å². The van der Waals surface area contributed by atoms with E-state index in [4.69, 9.17) is 5.11 Å². The quantitative estimate of drug-likeness (QED) is 0.622. The predicted molar refractivity (Wildman–Crippen MR) is 59.2 cm³/mol. The summed E-state index contributed by atoms with van der Waals surface area (Å²) >= 11 is 0. The molecule has 7 heteroatoms. The second kappa shape index (κ2) is 6.17. The van der Waals surface area contributed by atoms with Gasteiger partial charge in [0.1, 0.15) is 0 Å². The Morgan fingerprint density at radius 1 is 1.38 bits per heavy atom. The topological polar surface area (TPSA) is 92.7 Å². The summed E-state index contributed by atoms with van der Waals surface area (Å²) in [4.78, 5) is 11.1. The third-order valence-corrected chi connectivity index (χ3v) is 4.07. The summed E-state index contributed by atoms with van der Waals surface area (Å²) in [5, 5.41) is 7.71. The molecule has 0 heterocycles. The minimum atomic E-state index is -3.81. The first kappa shape index (κ1) is 15.3. The fraction of sp³-hybridized carbons (Fsp3) is 0.889. The number of rotatable bonds is 6. The molecule has 2 atom stereocenters. The summed E-state index contributed by atoms with van der Waals surface area (Å²) in [5.41, 5.74) is 0. The van der Waals surface area contributed by atoms with Crippen LogP contribution in [-0.2, 0) is 19.6 Å². The third-order valence-electron chi connectivity index (χ3n) is 2.32. The molecule has 0 amide bonds. The zero-order chi connectivity index (χ0) is 12.9. The molecule has 0 aliphatic rings. The lowest BCUT2D eigenvalue weighted by atomic mass is 10.1. The molecule has 96 valence electrons. The van der Waals surface area contributed by atoms with Crippen molar-refractivity contribution in [2.45, 2.75) is 32.1 Å². The molecule has 0 saturated heterocycles. The van der Waals surface area contributed by atoms with Crippen molar-refractivity contribution in [2.75, 3.05) is 13.7 Å². The van der Waals surface area contributed by atoms with Gasteiger partial charge in [0, 0.05) is 6.04 Å². The summed E-state index contributed by atoms with van der Waals surface area (Å²) < 4.78 is 30.0. The Morgan fingerprint density at radius 2 is 1.88 bits per heavy atom. The van der Waals surface area contributed by atoms with Gasteiger partial charge in [0.25, 0.3) is 0 Å². The van der Waals surface area contributed by atoms with Crippen LogP contribution in [0.15, 0.2) is 0 Å². The largest absolute Gasteiger partial charge is 0.468 e. The van der Waals surface area contributed by atoms with Gasteiger partial charge in [-0.15, -0.1) is 0 Å². The van der Waals surface area contributed by atoms with E-state index in [1.807, 2.05) is 0 Å². The summed E-state index contributed by atoms with van der Waals surface area (Å²) in [6.45, 7) is 4.46. The number of ether oxygens (including phenoxy) is 1. The molecule has 2 unspecified atom stereocenters. The van der Waals surface area contributed by atoms with E-state index < -0.39 is 27.3 Å². The molecule has 0 aliphatic carbocycles. The molecule has 6 nitrogen and oxygen atoms in total. The Kier molecular flexibility index (Phi) is 5.91. The van der Waals surface area contributed by atoms with E-state index in [-0.39, 0.29) is 12.5 Å². The van der Waals surface area contributed by atoms with E-state index in [1.54, 1.807) is 13.8 Å². The highest BCUT2D eigenvalue weighted by molar-refractivity contribution is 7.90. The number of aliphatic hydroxyl groups is 1. The number of methoxy groups -OCH3 is 1. The zero-order valence-electron chi connectivity index (χ0n) is 9.93. The van der Waals surface area contributed by atoms with E-state index in [0.29, 0.717) is 0 Å².